The Hall–Kier alpha value is -2.30. The summed E-state index contributed by atoms with van der Waals surface area (Å²) >= 11 is 12.3. The van der Waals surface area contributed by atoms with E-state index in [1.165, 1.54) is 0 Å². The monoisotopic (exact) mass is 374 g/mol. The van der Waals surface area contributed by atoms with E-state index in [4.69, 9.17) is 27.9 Å². The van der Waals surface area contributed by atoms with Gasteiger partial charge in [0.1, 0.15) is 5.75 Å². The van der Waals surface area contributed by atoms with Crippen LogP contribution in [0.15, 0.2) is 54.6 Å². The molecule has 2 aromatic carbocycles. The normalized spacial score (nSPS) is 10.9. The van der Waals surface area contributed by atoms with Crippen LogP contribution in [0.25, 0.3) is 5.69 Å². The fourth-order valence-electron chi connectivity index (χ4n) is 2.40. The summed E-state index contributed by atoms with van der Waals surface area (Å²) < 4.78 is 7.02. The summed E-state index contributed by atoms with van der Waals surface area (Å²) in [5.41, 5.74) is 1.73. The summed E-state index contributed by atoms with van der Waals surface area (Å²) in [4.78, 5) is 12.4. The molecule has 0 atom stereocenters. The van der Waals surface area contributed by atoms with Gasteiger partial charge in [-0.2, -0.15) is 5.10 Å². The van der Waals surface area contributed by atoms with Gasteiger partial charge in [0.05, 0.1) is 10.7 Å². The average Bonchev–Trinajstić information content (AvgIpc) is 3.01. The zero-order valence-electron chi connectivity index (χ0n) is 13.7. The van der Waals surface area contributed by atoms with Crippen LogP contribution in [0, 0.1) is 0 Å². The van der Waals surface area contributed by atoms with Crippen molar-refractivity contribution in [3.05, 3.63) is 76.0 Å². The Morgan fingerprint density at radius 1 is 1.08 bits per heavy atom. The van der Waals surface area contributed by atoms with Crippen LogP contribution < -0.4 is 4.74 Å². The minimum Gasteiger partial charge on any atom is -0.422 e. The predicted molar refractivity (Wildman–Crippen MR) is 99.1 cm³/mol. The molecule has 0 fully saturated rings. The number of para-hydroxylation sites is 1. The highest BCUT2D eigenvalue weighted by Gasteiger charge is 2.20. The quantitative estimate of drug-likeness (QED) is 0.445. The van der Waals surface area contributed by atoms with Crippen molar-refractivity contribution < 1.29 is 9.53 Å². The van der Waals surface area contributed by atoms with Crippen molar-refractivity contribution in [2.75, 3.05) is 0 Å². The van der Waals surface area contributed by atoms with E-state index in [0.29, 0.717) is 21.5 Å². The van der Waals surface area contributed by atoms with Crippen LogP contribution in [-0.4, -0.2) is 15.7 Å². The van der Waals surface area contributed by atoms with Gasteiger partial charge >= 0.3 is 5.97 Å². The molecule has 4 nitrogen and oxygen atoms in total. The van der Waals surface area contributed by atoms with Gasteiger partial charge in [0, 0.05) is 10.7 Å². The van der Waals surface area contributed by atoms with Crippen molar-refractivity contribution in [3.63, 3.8) is 0 Å². The van der Waals surface area contributed by atoms with E-state index in [1.54, 1.807) is 53.2 Å². The second kappa shape index (κ2) is 7.30. The molecule has 1 aromatic heterocycles. The third kappa shape index (κ3) is 3.86. The van der Waals surface area contributed by atoms with Gasteiger partial charge in [-0.15, -0.1) is 0 Å². The molecule has 0 unspecified atom stereocenters. The summed E-state index contributed by atoms with van der Waals surface area (Å²) in [5.74, 6) is 0.0899. The summed E-state index contributed by atoms with van der Waals surface area (Å²) in [6.45, 7) is 4.04. The SMILES string of the molecule is CC(C)c1cc(C(=O)Oc2ccccc2)nn1-c1ccc(Cl)cc1Cl. The van der Waals surface area contributed by atoms with Gasteiger partial charge in [0.2, 0.25) is 0 Å². The number of ether oxygens (including phenoxy) is 1. The van der Waals surface area contributed by atoms with E-state index in [0.717, 1.165) is 5.69 Å². The van der Waals surface area contributed by atoms with Gasteiger partial charge in [-0.1, -0.05) is 55.2 Å². The lowest BCUT2D eigenvalue weighted by Gasteiger charge is -2.11. The second-order valence-electron chi connectivity index (χ2n) is 5.82. The number of hydrogen-bond acceptors (Lipinski definition) is 3. The van der Waals surface area contributed by atoms with Crippen molar-refractivity contribution in [1.82, 2.24) is 9.78 Å². The minimum absolute atomic E-state index is 0.137. The number of rotatable bonds is 4. The number of hydrogen-bond donors (Lipinski definition) is 0. The molecule has 0 aliphatic carbocycles. The van der Waals surface area contributed by atoms with E-state index in [9.17, 15) is 4.79 Å². The maximum Gasteiger partial charge on any atom is 0.364 e. The van der Waals surface area contributed by atoms with Gasteiger partial charge in [0.25, 0.3) is 0 Å². The minimum atomic E-state index is -0.517. The molecule has 3 rings (SSSR count). The number of esters is 1. The Balaban J connectivity index is 1.98. The number of halogens is 2. The maximum absolute atomic E-state index is 12.4. The first-order valence-corrected chi connectivity index (χ1v) is 8.54. The molecule has 0 saturated carbocycles. The zero-order chi connectivity index (χ0) is 18.0. The first-order valence-electron chi connectivity index (χ1n) is 7.78. The van der Waals surface area contributed by atoms with Gasteiger partial charge in [-0.3, -0.25) is 0 Å². The van der Waals surface area contributed by atoms with Gasteiger partial charge in [-0.25, -0.2) is 9.48 Å². The molecule has 0 bridgehead atoms. The van der Waals surface area contributed by atoms with Crippen molar-refractivity contribution in [2.45, 2.75) is 19.8 Å². The Labute approximate surface area is 155 Å². The van der Waals surface area contributed by atoms with Crippen molar-refractivity contribution in [1.29, 1.82) is 0 Å². The molecule has 25 heavy (non-hydrogen) atoms. The Bertz CT molecular complexity index is 905. The van der Waals surface area contributed by atoms with Gasteiger partial charge in [0.15, 0.2) is 5.69 Å². The van der Waals surface area contributed by atoms with Crippen LogP contribution >= 0.6 is 23.2 Å². The number of carbonyl (C=O) groups excluding carboxylic acids is 1. The Morgan fingerprint density at radius 2 is 1.80 bits per heavy atom. The van der Waals surface area contributed by atoms with Gasteiger partial charge in [-0.05, 0) is 42.3 Å². The molecule has 6 heteroatoms. The molecule has 0 amide bonds. The molecule has 0 aliphatic heterocycles. The van der Waals surface area contributed by atoms with Crippen LogP contribution in [0.1, 0.15) is 35.9 Å². The van der Waals surface area contributed by atoms with Crippen molar-refractivity contribution >= 4 is 29.2 Å². The lowest BCUT2D eigenvalue weighted by atomic mass is 10.1. The molecule has 0 saturated heterocycles. The number of aromatic nitrogens is 2. The number of carbonyl (C=O) groups is 1. The van der Waals surface area contributed by atoms with E-state index < -0.39 is 5.97 Å². The molecular weight excluding hydrogens is 359 g/mol. The Morgan fingerprint density at radius 3 is 2.44 bits per heavy atom. The summed E-state index contributed by atoms with van der Waals surface area (Å²) in [7, 11) is 0. The summed E-state index contributed by atoms with van der Waals surface area (Å²) in [6.07, 6.45) is 0. The first kappa shape index (κ1) is 17.5. The topological polar surface area (TPSA) is 44.1 Å². The molecule has 0 aliphatic rings. The standard InChI is InChI=1S/C19H16Cl2N2O2/c1-12(2)18-11-16(19(24)25-14-6-4-3-5-7-14)22-23(18)17-9-8-13(20)10-15(17)21/h3-12H,1-2H3. The smallest absolute Gasteiger partial charge is 0.364 e. The molecule has 128 valence electrons. The summed E-state index contributed by atoms with van der Waals surface area (Å²) in [5, 5.41) is 5.40. The van der Waals surface area contributed by atoms with Gasteiger partial charge < -0.3 is 4.74 Å². The number of nitrogens with zero attached hydrogens (tertiary/aromatic N) is 2. The summed E-state index contributed by atoms with van der Waals surface area (Å²) in [6, 6.07) is 15.8. The van der Waals surface area contributed by atoms with E-state index in [1.807, 2.05) is 19.9 Å². The van der Waals surface area contributed by atoms with Crippen LogP contribution in [0.5, 0.6) is 5.75 Å². The molecular formula is C19H16Cl2N2O2. The molecule has 1 heterocycles. The fourth-order valence-corrected chi connectivity index (χ4v) is 2.89. The van der Waals surface area contributed by atoms with Crippen molar-refractivity contribution in [3.8, 4) is 11.4 Å². The molecule has 0 spiro atoms. The largest absolute Gasteiger partial charge is 0.422 e. The van der Waals surface area contributed by atoms with Crippen LogP contribution in [0.4, 0.5) is 0 Å². The van der Waals surface area contributed by atoms with Crippen molar-refractivity contribution in [2.24, 2.45) is 0 Å². The fraction of sp³-hybridized carbons (Fsp3) is 0.158. The van der Waals surface area contributed by atoms with E-state index >= 15 is 0 Å². The third-order valence-corrected chi connectivity index (χ3v) is 4.17. The van der Waals surface area contributed by atoms with Crippen LogP contribution in [-0.2, 0) is 0 Å². The molecule has 0 radical (unpaired) electrons. The molecule has 3 aromatic rings. The highest BCUT2D eigenvalue weighted by molar-refractivity contribution is 6.35. The lowest BCUT2D eigenvalue weighted by Crippen LogP contribution is -2.10. The number of benzene rings is 2. The predicted octanol–water partition coefficient (Wildman–Crippen LogP) is 5.52. The third-order valence-electron chi connectivity index (χ3n) is 3.63. The van der Waals surface area contributed by atoms with E-state index in [2.05, 4.69) is 5.10 Å². The zero-order valence-corrected chi connectivity index (χ0v) is 15.3. The average molecular weight is 375 g/mol. The first-order chi connectivity index (χ1) is 12.0. The second-order valence-corrected chi connectivity index (χ2v) is 6.66. The van der Waals surface area contributed by atoms with Crippen LogP contribution in [0.2, 0.25) is 10.0 Å². The van der Waals surface area contributed by atoms with Crippen LogP contribution in [0.3, 0.4) is 0 Å². The lowest BCUT2D eigenvalue weighted by molar-refractivity contribution is 0.0728. The van der Waals surface area contributed by atoms with E-state index in [-0.39, 0.29) is 11.6 Å². The highest BCUT2D eigenvalue weighted by Crippen LogP contribution is 2.28. The molecule has 0 N–H and O–H groups in total. The highest BCUT2D eigenvalue weighted by atomic mass is 35.5. The Kier molecular flexibility index (Phi) is 5.11. The maximum atomic E-state index is 12.4.